The number of aryl methyl sites for hydroxylation is 1. The summed E-state index contributed by atoms with van der Waals surface area (Å²) in [4.78, 5) is 32.6. The molecule has 2 N–H and O–H groups in total. The molecule has 3 aromatic carbocycles. The Labute approximate surface area is 316 Å². The van der Waals surface area contributed by atoms with Gasteiger partial charge >= 0.3 is 6.09 Å². The highest BCUT2D eigenvalue weighted by atomic mass is 32.1. The number of nitrogens with zero attached hydrogens (tertiary/aromatic N) is 1. The monoisotopic (exact) mass is 727 g/mol. The number of amides is 1. The summed E-state index contributed by atoms with van der Waals surface area (Å²) in [6.07, 6.45) is 11.3. The average Bonchev–Trinajstić information content (AvgIpc) is 3.71. The van der Waals surface area contributed by atoms with Crippen molar-refractivity contribution >= 4 is 34.0 Å². The number of ketones is 1. The zero-order valence-electron chi connectivity index (χ0n) is 30.9. The Morgan fingerprint density at radius 1 is 0.849 bits per heavy atom. The predicted octanol–water partition coefficient (Wildman–Crippen LogP) is 9.68. The molecule has 8 atom stereocenters. The van der Waals surface area contributed by atoms with E-state index < -0.39 is 28.6 Å². The molecule has 1 aromatic heterocycles. The van der Waals surface area contributed by atoms with Gasteiger partial charge in [0.1, 0.15) is 5.75 Å². The van der Waals surface area contributed by atoms with E-state index in [0.717, 1.165) is 63.8 Å². The van der Waals surface area contributed by atoms with Crippen molar-refractivity contribution < 1.29 is 24.5 Å². The number of fused-ring (bicyclic) bond motifs is 2. The van der Waals surface area contributed by atoms with Crippen LogP contribution in [-0.2, 0) is 6.54 Å². The molecule has 0 aliphatic heterocycles. The summed E-state index contributed by atoms with van der Waals surface area (Å²) in [5, 5.41) is 26.2. The molecule has 53 heavy (non-hydrogen) atoms. The van der Waals surface area contributed by atoms with E-state index in [-0.39, 0.29) is 35.0 Å². The van der Waals surface area contributed by atoms with Gasteiger partial charge in [-0.25, -0.2) is 4.79 Å². The van der Waals surface area contributed by atoms with E-state index in [1.165, 1.54) is 0 Å². The number of hydrogen-bond acceptors (Lipinski definition) is 6. The van der Waals surface area contributed by atoms with E-state index in [9.17, 15) is 19.8 Å². The maximum absolute atomic E-state index is 14.8. The van der Waals surface area contributed by atoms with Crippen molar-refractivity contribution in [2.45, 2.75) is 84.0 Å². The van der Waals surface area contributed by atoms with Crippen LogP contribution in [0.4, 0.5) is 4.79 Å². The summed E-state index contributed by atoms with van der Waals surface area (Å²) in [5.74, 6) is 0.748. The summed E-state index contributed by atoms with van der Waals surface area (Å²) >= 11 is 1.55. The molecular formula is C46H49NO5S. The van der Waals surface area contributed by atoms with Gasteiger partial charge in [-0.05, 0) is 110 Å². The summed E-state index contributed by atoms with van der Waals surface area (Å²) in [6.45, 7) is 7.09. The second-order valence-electron chi connectivity index (χ2n) is 17.3. The number of carbonyl (C=O) groups is 2. The molecule has 0 radical (unpaired) electrons. The third kappa shape index (κ3) is 5.10. The van der Waals surface area contributed by atoms with Gasteiger partial charge in [0.25, 0.3) is 0 Å². The average molecular weight is 728 g/mol. The fraction of sp³-hybridized carbons (Fsp3) is 0.435. The normalized spacial score (nSPS) is 35.3. The SMILES string of the molecule is Cc1ccc(C(=O)C2=CC34C=CC25C(CCC2(C)C5CCC2(O)CN(Cc2ccccc2)C(=O)Oc2ccc5ccccc5c2)C3(C)CCC(O)C4)s1. The van der Waals surface area contributed by atoms with Crippen LogP contribution in [0.5, 0.6) is 5.75 Å². The number of hydrogen-bond donors (Lipinski definition) is 2. The maximum Gasteiger partial charge on any atom is 0.415 e. The van der Waals surface area contributed by atoms with E-state index in [1.54, 1.807) is 16.2 Å². The standard InChI is InChI=1S/C46H49NO5S/c1-30-13-16-37(53-30)40(49)36-27-44-23-24-46(36)38(42(44,2)20-17-34(48)26-44)18-21-43(3)39(46)19-22-45(43,51)29-47(28-31-9-5-4-6-10-31)41(50)52-35-15-14-32-11-7-8-12-33(32)25-35/h4-16,23-25,27,34,38-39,48,51H,17-22,26,28-29H2,1-3H3. The van der Waals surface area contributed by atoms with Gasteiger partial charge < -0.3 is 19.8 Å². The van der Waals surface area contributed by atoms with E-state index in [2.05, 4.69) is 32.1 Å². The van der Waals surface area contributed by atoms with Crippen molar-refractivity contribution in [2.75, 3.05) is 6.54 Å². The van der Waals surface area contributed by atoms with Gasteiger partial charge in [0.2, 0.25) is 0 Å². The summed E-state index contributed by atoms with van der Waals surface area (Å²) in [5.41, 5.74) is -1.03. The molecule has 3 fully saturated rings. The van der Waals surface area contributed by atoms with Gasteiger partial charge in [0.15, 0.2) is 5.78 Å². The Morgan fingerprint density at radius 3 is 2.34 bits per heavy atom. The van der Waals surface area contributed by atoms with E-state index in [4.69, 9.17) is 4.74 Å². The Balaban J connectivity index is 1.09. The van der Waals surface area contributed by atoms with Crippen LogP contribution in [-0.4, -0.2) is 45.2 Å². The molecule has 0 saturated heterocycles. The first-order valence-electron chi connectivity index (χ1n) is 19.3. The van der Waals surface area contributed by atoms with Crippen molar-refractivity contribution in [3.63, 3.8) is 0 Å². The number of Topliss-reactive ketones (excluding diaryl/α,β-unsaturated/α-hetero) is 1. The van der Waals surface area contributed by atoms with E-state index >= 15 is 0 Å². The smallest absolute Gasteiger partial charge is 0.410 e. The first-order valence-corrected chi connectivity index (χ1v) is 20.2. The van der Waals surface area contributed by atoms with Crippen LogP contribution in [0.15, 0.2) is 109 Å². The fourth-order valence-corrected chi connectivity index (χ4v) is 12.8. The Kier molecular flexibility index (Phi) is 8.02. The molecule has 2 spiro atoms. The highest BCUT2D eigenvalue weighted by Crippen LogP contribution is 2.78. The Hall–Kier alpha value is -4.04. The minimum absolute atomic E-state index is 0.0108. The highest BCUT2D eigenvalue weighted by Gasteiger charge is 2.74. The molecule has 274 valence electrons. The minimum Gasteiger partial charge on any atom is -0.410 e. The summed E-state index contributed by atoms with van der Waals surface area (Å²) in [6, 6.07) is 27.6. The molecule has 1 amide bonds. The van der Waals surface area contributed by atoms with Gasteiger partial charge in [0, 0.05) is 33.2 Å². The van der Waals surface area contributed by atoms with Crippen LogP contribution in [0, 0.1) is 40.4 Å². The Morgan fingerprint density at radius 2 is 1.57 bits per heavy atom. The lowest BCUT2D eigenvalue weighted by molar-refractivity contribution is -0.175. The van der Waals surface area contributed by atoms with Crippen LogP contribution >= 0.6 is 11.3 Å². The highest BCUT2D eigenvalue weighted by molar-refractivity contribution is 7.14. The second kappa shape index (κ2) is 12.2. The fourth-order valence-electron chi connectivity index (χ4n) is 12.0. The van der Waals surface area contributed by atoms with Crippen molar-refractivity contribution in [2.24, 2.45) is 33.5 Å². The predicted molar refractivity (Wildman–Crippen MR) is 209 cm³/mol. The van der Waals surface area contributed by atoms with E-state index in [1.807, 2.05) is 91.9 Å². The first kappa shape index (κ1) is 34.7. The van der Waals surface area contributed by atoms with Crippen molar-refractivity contribution in [3.8, 4) is 5.75 Å². The molecule has 6 aliphatic rings. The van der Waals surface area contributed by atoms with E-state index in [0.29, 0.717) is 25.1 Å². The molecule has 4 aromatic rings. The Bertz CT molecular complexity index is 2170. The van der Waals surface area contributed by atoms with Gasteiger partial charge in [-0.15, -0.1) is 11.3 Å². The number of aliphatic hydroxyl groups excluding tert-OH is 1. The van der Waals surface area contributed by atoms with Gasteiger partial charge in [0.05, 0.1) is 23.1 Å². The zero-order chi connectivity index (χ0) is 36.8. The molecule has 2 bridgehead atoms. The lowest BCUT2D eigenvalue weighted by atomic mass is 9.32. The van der Waals surface area contributed by atoms with Crippen molar-refractivity contribution in [1.82, 2.24) is 4.90 Å². The number of aliphatic hydroxyl groups is 2. The molecule has 10 rings (SSSR count). The van der Waals surface area contributed by atoms with Gasteiger partial charge in [-0.1, -0.05) is 92.7 Å². The number of allylic oxidation sites excluding steroid dienone is 4. The van der Waals surface area contributed by atoms with Gasteiger partial charge in [-0.2, -0.15) is 0 Å². The largest absolute Gasteiger partial charge is 0.415 e. The lowest BCUT2D eigenvalue weighted by Gasteiger charge is -2.71. The molecule has 8 unspecified atom stereocenters. The zero-order valence-corrected chi connectivity index (χ0v) is 31.7. The molecule has 3 saturated carbocycles. The van der Waals surface area contributed by atoms with Crippen LogP contribution in [0.1, 0.15) is 78.9 Å². The number of rotatable bonds is 7. The van der Waals surface area contributed by atoms with Crippen LogP contribution < -0.4 is 4.74 Å². The topological polar surface area (TPSA) is 87.1 Å². The van der Waals surface area contributed by atoms with Gasteiger partial charge in [-0.3, -0.25) is 4.79 Å². The second-order valence-corrected chi connectivity index (χ2v) is 18.6. The lowest BCUT2D eigenvalue weighted by Crippen LogP contribution is -2.67. The maximum atomic E-state index is 14.8. The van der Waals surface area contributed by atoms with Crippen LogP contribution in [0.25, 0.3) is 10.8 Å². The number of benzene rings is 3. The summed E-state index contributed by atoms with van der Waals surface area (Å²) in [7, 11) is 0. The van der Waals surface area contributed by atoms with Crippen LogP contribution in [0.3, 0.4) is 0 Å². The first-order chi connectivity index (χ1) is 25.4. The number of carbonyl (C=O) groups excluding carboxylic acids is 2. The number of ether oxygens (including phenoxy) is 1. The third-order valence-electron chi connectivity index (χ3n) is 14.8. The quantitative estimate of drug-likeness (QED) is 0.146. The summed E-state index contributed by atoms with van der Waals surface area (Å²) < 4.78 is 6.09. The number of thiophene rings is 1. The molecule has 6 nitrogen and oxygen atoms in total. The van der Waals surface area contributed by atoms with Crippen LogP contribution in [0.2, 0.25) is 0 Å². The van der Waals surface area contributed by atoms with Crippen molar-refractivity contribution in [3.05, 3.63) is 124 Å². The molecule has 7 heteroatoms. The molecule has 1 heterocycles. The minimum atomic E-state index is -1.22. The van der Waals surface area contributed by atoms with Crippen molar-refractivity contribution in [1.29, 1.82) is 0 Å². The molecular weight excluding hydrogens is 679 g/mol. The third-order valence-corrected chi connectivity index (χ3v) is 15.8. The molecule has 6 aliphatic carbocycles.